The fourth-order valence-corrected chi connectivity index (χ4v) is 5.45. The average molecular weight is 347 g/mol. The fourth-order valence-electron chi connectivity index (χ4n) is 5.45. The van der Waals surface area contributed by atoms with Crippen LogP contribution in [0.15, 0.2) is 11.6 Å². The second kappa shape index (κ2) is 6.86. The molecule has 1 aliphatic carbocycles. The van der Waals surface area contributed by atoms with Crippen molar-refractivity contribution in [3.63, 3.8) is 0 Å². The predicted molar refractivity (Wildman–Crippen MR) is 98.2 cm³/mol. The largest absolute Gasteiger partial charge is 0.457 e. The monoisotopic (exact) mass is 347 g/mol. The third-order valence-electron chi connectivity index (χ3n) is 6.46. The maximum absolute atomic E-state index is 12.6. The van der Waals surface area contributed by atoms with E-state index in [1.165, 1.54) is 19.3 Å². The van der Waals surface area contributed by atoms with Crippen LogP contribution in [0.3, 0.4) is 0 Å². The van der Waals surface area contributed by atoms with Crippen LogP contribution in [0.5, 0.6) is 0 Å². The normalized spacial score (nSPS) is 34.3. The number of carbonyl (C=O) groups is 2. The molecule has 0 unspecified atom stereocenters. The number of hydrogen-bond acceptors (Lipinski definition) is 4. The maximum atomic E-state index is 12.6. The van der Waals surface area contributed by atoms with E-state index in [1.807, 2.05) is 20.8 Å². The summed E-state index contributed by atoms with van der Waals surface area (Å²) >= 11 is 0. The zero-order valence-electron chi connectivity index (χ0n) is 16.2. The van der Waals surface area contributed by atoms with Crippen LogP contribution in [0.1, 0.15) is 72.6 Å². The lowest BCUT2D eigenvalue weighted by molar-refractivity contribution is -0.151. The molecule has 0 aromatic rings. The third kappa shape index (κ3) is 3.55. The van der Waals surface area contributed by atoms with E-state index in [9.17, 15) is 9.59 Å². The van der Waals surface area contributed by atoms with Crippen molar-refractivity contribution in [2.24, 2.45) is 11.8 Å². The van der Waals surface area contributed by atoms with Crippen LogP contribution >= 0.6 is 0 Å². The van der Waals surface area contributed by atoms with Crippen molar-refractivity contribution in [2.45, 2.75) is 89.8 Å². The van der Waals surface area contributed by atoms with Crippen molar-refractivity contribution in [1.82, 2.24) is 4.90 Å². The van der Waals surface area contributed by atoms with Crippen LogP contribution in [0.25, 0.3) is 0 Å². The van der Waals surface area contributed by atoms with Gasteiger partial charge in [-0.15, -0.1) is 0 Å². The highest BCUT2D eigenvalue weighted by molar-refractivity contribution is 5.89. The van der Waals surface area contributed by atoms with Crippen molar-refractivity contribution < 1.29 is 14.3 Å². The van der Waals surface area contributed by atoms with E-state index < -0.39 is 5.60 Å². The molecule has 2 fully saturated rings. The summed E-state index contributed by atoms with van der Waals surface area (Å²) in [5, 5.41) is 0. The summed E-state index contributed by atoms with van der Waals surface area (Å²) in [6.45, 7) is 8.50. The molecule has 0 bridgehead atoms. The Kier molecular flexibility index (Phi) is 5.11. The molecule has 0 aromatic heterocycles. The van der Waals surface area contributed by atoms with Crippen molar-refractivity contribution in [3.05, 3.63) is 11.6 Å². The van der Waals surface area contributed by atoms with Crippen LogP contribution in [0, 0.1) is 11.8 Å². The highest BCUT2D eigenvalue weighted by atomic mass is 16.6. The van der Waals surface area contributed by atoms with Gasteiger partial charge in [-0.05, 0) is 58.8 Å². The van der Waals surface area contributed by atoms with Crippen LogP contribution < -0.4 is 0 Å². The number of carbonyl (C=O) groups excluding carboxylic acids is 2. The summed E-state index contributed by atoms with van der Waals surface area (Å²) in [6.07, 6.45) is 11.2. The lowest BCUT2D eigenvalue weighted by atomic mass is 9.70. The molecule has 3 rings (SSSR count). The van der Waals surface area contributed by atoms with Gasteiger partial charge in [-0.1, -0.05) is 25.8 Å². The van der Waals surface area contributed by atoms with Gasteiger partial charge in [0.05, 0.1) is 0 Å². The maximum Gasteiger partial charge on any atom is 0.335 e. The minimum Gasteiger partial charge on any atom is -0.457 e. The Morgan fingerprint density at radius 1 is 1.32 bits per heavy atom. The van der Waals surface area contributed by atoms with Gasteiger partial charge in [-0.3, -0.25) is 4.90 Å². The SMILES string of the molecule is C[C@@H](C=O)[C@H]1CCC[C@]12CCC[C@@H]1CC=C(C(=O)OC(C)(C)C)CN12. The van der Waals surface area contributed by atoms with Gasteiger partial charge in [0.15, 0.2) is 0 Å². The molecule has 4 heteroatoms. The first-order valence-corrected chi connectivity index (χ1v) is 9.91. The lowest BCUT2D eigenvalue weighted by Crippen LogP contribution is -2.61. The highest BCUT2D eigenvalue weighted by Gasteiger charge is 2.53. The molecule has 0 aromatic carbocycles. The first-order chi connectivity index (χ1) is 11.8. The molecule has 1 saturated carbocycles. The van der Waals surface area contributed by atoms with E-state index in [0.29, 0.717) is 18.5 Å². The lowest BCUT2D eigenvalue weighted by Gasteiger charge is -2.55. The van der Waals surface area contributed by atoms with E-state index in [4.69, 9.17) is 4.74 Å². The smallest absolute Gasteiger partial charge is 0.335 e. The van der Waals surface area contributed by atoms with Gasteiger partial charge in [-0.25, -0.2) is 4.79 Å². The zero-order valence-corrected chi connectivity index (χ0v) is 16.2. The van der Waals surface area contributed by atoms with E-state index in [0.717, 1.165) is 37.5 Å². The molecule has 2 heterocycles. The third-order valence-corrected chi connectivity index (χ3v) is 6.46. The first-order valence-electron chi connectivity index (χ1n) is 9.91. The standard InChI is InChI=1S/C21H33NO3/c1-15(14-23)18-8-6-12-21(18)11-5-7-17-10-9-16(13-22(17)21)19(24)25-20(2,3)4/h9,14-15,17-18H,5-8,10-13H2,1-4H3/t15-,17+,18+,21+/m0/s1. The summed E-state index contributed by atoms with van der Waals surface area (Å²) in [5.41, 5.74) is 0.443. The minimum atomic E-state index is -0.462. The van der Waals surface area contributed by atoms with Crippen molar-refractivity contribution in [2.75, 3.05) is 6.54 Å². The molecule has 4 atom stereocenters. The molecule has 3 aliphatic rings. The highest BCUT2D eigenvalue weighted by Crippen LogP contribution is 2.51. The molecule has 0 N–H and O–H groups in total. The van der Waals surface area contributed by atoms with Crippen molar-refractivity contribution >= 4 is 12.3 Å². The molecule has 140 valence electrons. The number of esters is 1. The molecule has 25 heavy (non-hydrogen) atoms. The van der Waals surface area contributed by atoms with Crippen LogP contribution in [-0.4, -0.2) is 40.9 Å². The molecule has 4 nitrogen and oxygen atoms in total. The Morgan fingerprint density at radius 3 is 2.64 bits per heavy atom. The van der Waals surface area contributed by atoms with Crippen LogP contribution in [-0.2, 0) is 14.3 Å². The Labute approximate surface area is 152 Å². The van der Waals surface area contributed by atoms with Crippen LogP contribution in [0.2, 0.25) is 0 Å². The van der Waals surface area contributed by atoms with E-state index in [2.05, 4.69) is 17.9 Å². The first kappa shape index (κ1) is 18.6. The second-order valence-corrected chi connectivity index (χ2v) is 9.24. The number of aldehydes is 1. The number of piperidine rings is 1. The summed E-state index contributed by atoms with van der Waals surface area (Å²) in [5.74, 6) is 0.340. The molecule has 1 saturated heterocycles. The second-order valence-electron chi connectivity index (χ2n) is 9.24. The van der Waals surface area contributed by atoms with Gasteiger partial charge in [0.2, 0.25) is 0 Å². The Bertz CT molecular complexity index is 562. The number of ether oxygens (including phenoxy) is 1. The van der Waals surface area contributed by atoms with Crippen molar-refractivity contribution in [3.8, 4) is 0 Å². The van der Waals surface area contributed by atoms with Crippen molar-refractivity contribution in [1.29, 1.82) is 0 Å². The number of rotatable bonds is 3. The molecule has 0 radical (unpaired) electrons. The van der Waals surface area contributed by atoms with Gasteiger partial charge in [0.1, 0.15) is 11.9 Å². The van der Waals surface area contributed by atoms with E-state index in [1.54, 1.807) is 0 Å². The molecule has 0 amide bonds. The predicted octanol–water partition coefficient (Wildman–Crippen LogP) is 3.89. The summed E-state index contributed by atoms with van der Waals surface area (Å²) < 4.78 is 5.61. The van der Waals surface area contributed by atoms with Gasteiger partial charge in [0, 0.05) is 29.6 Å². The summed E-state index contributed by atoms with van der Waals surface area (Å²) in [4.78, 5) is 26.7. The zero-order chi connectivity index (χ0) is 18.2. The van der Waals surface area contributed by atoms with E-state index >= 15 is 0 Å². The number of hydrogen-bond donors (Lipinski definition) is 0. The minimum absolute atomic E-state index is 0.0946. The molecular weight excluding hydrogens is 314 g/mol. The number of fused-ring (bicyclic) bond motifs is 2. The van der Waals surface area contributed by atoms with Crippen LogP contribution in [0.4, 0.5) is 0 Å². The number of nitrogens with zero attached hydrogens (tertiary/aromatic N) is 1. The van der Waals surface area contributed by atoms with Gasteiger partial charge >= 0.3 is 5.97 Å². The van der Waals surface area contributed by atoms with E-state index in [-0.39, 0.29) is 17.4 Å². The fraction of sp³-hybridized carbons (Fsp3) is 0.810. The van der Waals surface area contributed by atoms with Gasteiger partial charge in [-0.2, -0.15) is 0 Å². The Morgan fingerprint density at radius 2 is 2.00 bits per heavy atom. The summed E-state index contributed by atoms with van der Waals surface area (Å²) in [6, 6.07) is 0.513. The van der Waals surface area contributed by atoms with Gasteiger partial charge in [0.25, 0.3) is 0 Å². The Balaban J connectivity index is 1.84. The van der Waals surface area contributed by atoms with Gasteiger partial charge < -0.3 is 9.53 Å². The quantitative estimate of drug-likeness (QED) is 0.574. The topological polar surface area (TPSA) is 46.6 Å². The average Bonchev–Trinajstić information content (AvgIpc) is 2.97. The molecule has 2 aliphatic heterocycles. The molecular formula is C21H33NO3. The Hall–Kier alpha value is -1.16. The summed E-state index contributed by atoms with van der Waals surface area (Å²) in [7, 11) is 0. The molecule has 1 spiro atoms.